The number of hydrogen-bond donors (Lipinski definition) is 1. The van der Waals surface area contributed by atoms with Gasteiger partial charge in [-0.3, -0.25) is 9.71 Å². The van der Waals surface area contributed by atoms with E-state index >= 15 is 0 Å². The zero-order valence-electron chi connectivity index (χ0n) is 15.5. The first-order valence-corrected chi connectivity index (χ1v) is 10.7. The second-order valence-corrected chi connectivity index (χ2v) is 8.42. The molecule has 2 aliphatic rings. The molecule has 0 radical (unpaired) electrons. The molecule has 0 amide bonds. The van der Waals surface area contributed by atoms with Gasteiger partial charge in [-0.15, -0.1) is 0 Å². The van der Waals surface area contributed by atoms with Crippen molar-refractivity contribution in [3.8, 4) is 11.5 Å². The van der Waals surface area contributed by atoms with Crippen LogP contribution in [0.15, 0.2) is 40.3 Å². The lowest BCUT2D eigenvalue weighted by molar-refractivity contribution is 0.440. The number of ether oxygens (including phenoxy) is 1. The largest absolute Gasteiger partial charge is 0.454 e. The van der Waals surface area contributed by atoms with E-state index in [2.05, 4.69) is 9.98 Å². The van der Waals surface area contributed by atoms with Crippen LogP contribution in [0, 0.1) is 11.6 Å². The summed E-state index contributed by atoms with van der Waals surface area (Å²) in [5, 5.41) is 0. The molecule has 0 bridgehead atoms. The number of benzene rings is 2. The maximum Gasteiger partial charge on any atom is 0.232 e. The second-order valence-electron chi connectivity index (χ2n) is 6.58. The van der Waals surface area contributed by atoms with E-state index in [9.17, 15) is 17.2 Å². The van der Waals surface area contributed by atoms with Crippen LogP contribution in [0.25, 0.3) is 0 Å². The normalized spacial score (nSPS) is 15.0. The Labute approximate surface area is 166 Å². The van der Waals surface area contributed by atoms with Gasteiger partial charge in [-0.05, 0) is 36.8 Å². The van der Waals surface area contributed by atoms with Crippen LogP contribution in [-0.2, 0) is 10.0 Å². The highest BCUT2D eigenvalue weighted by atomic mass is 32.2. The Morgan fingerprint density at radius 1 is 1.24 bits per heavy atom. The lowest BCUT2D eigenvalue weighted by Crippen LogP contribution is -2.29. The number of nitrogens with one attached hydrogen (secondary N) is 1. The fourth-order valence-electron chi connectivity index (χ4n) is 3.12. The third kappa shape index (κ3) is 3.80. The van der Waals surface area contributed by atoms with Crippen molar-refractivity contribution >= 4 is 33.6 Å². The van der Waals surface area contributed by atoms with Gasteiger partial charge in [0, 0.05) is 12.1 Å². The van der Waals surface area contributed by atoms with Gasteiger partial charge in [-0.2, -0.15) is 0 Å². The van der Waals surface area contributed by atoms with Crippen LogP contribution < -0.4 is 9.46 Å². The molecule has 4 rings (SSSR count). The highest BCUT2D eigenvalue weighted by Gasteiger charge is 2.25. The predicted octanol–water partition coefficient (Wildman–Crippen LogP) is 3.64. The summed E-state index contributed by atoms with van der Waals surface area (Å²) in [6.07, 6.45) is 2.02. The number of hydrogen-bond acceptors (Lipinski definition) is 6. The Morgan fingerprint density at radius 3 is 2.86 bits per heavy atom. The SMILES string of the molecule is CCCS(=O)(=O)Nc1c(F)ccc(Oc2ccc3c(c2)C2=NCCN2C=N3)c1F. The van der Waals surface area contributed by atoms with Gasteiger partial charge in [0.05, 0.1) is 24.3 Å². The van der Waals surface area contributed by atoms with Crippen molar-refractivity contribution in [2.75, 3.05) is 23.6 Å². The van der Waals surface area contributed by atoms with E-state index in [0.717, 1.165) is 30.1 Å². The van der Waals surface area contributed by atoms with Gasteiger partial charge in [0.2, 0.25) is 10.0 Å². The smallest absolute Gasteiger partial charge is 0.232 e. The van der Waals surface area contributed by atoms with Crippen molar-refractivity contribution in [3.63, 3.8) is 0 Å². The van der Waals surface area contributed by atoms with Crippen LogP contribution in [0.4, 0.5) is 20.2 Å². The topological polar surface area (TPSA) is 83.4 Å². The Kier molecular flexibility index (Phi) is 4.95. The summed E-state index contributed by atoms with van der Waals surface area (Å²) in [4.78, 5) is 10.7. The van der Waals surface area contributed by atoms with E-state index in [4.69, 9.17) is 4.74 Å². The van der Waals surface area contributed by atoms with Crippen LogP contribution in [0.3, 0.4) is 0 Å². The molecule has 0 saturated heterocycles. The van der Waals surface area contributed by atoms with Crippen LogP contribution in [0.1, 0.15) is 18.9 Å². The minimum Gasteiger partial charge on any atom is -0.454 e. The van der Waals surface area contributed by atoms with Crippen LogP contribution >= 0.6 is 0 Å². The predicted molar refractivity (Wildman–Crippen MR) is 107 cm³/mol. The molecule has 0 atom stereocenters. The highest BCUT2D eigenvalue weighted by molar-refractivity contribution is 7.92. The van der Waals surface area contributed by atoms with Gasteiger partial charge in [0.15, 0.2) is 17.4 Å². The lowest BCUT2D eigenvalue weighted by Gasteiger charge is -2.21. The molecule has 0 unspecified atom stereocenters. The van der Waals surface area contributed by atoms with E-state index in [1.165, 1.54) is 0 Å². The average molecular weight is 420 g/mol. The minimum absolute atomic E-state index is 0.249. The number of anilines is 1. The number of fused-ring (bicyclic) bond motifs is 3. The molecule has 152 valence electrons. The van der Waals surface area contributed by atoms with Crippen molar-refractivity contribution < 1.29 is 21.9 Å². The molecule has 2 heterocycles. The van der Waals surface area contributed by atoms with Gasteiger partial charge in [0.1, 0.15) is 17.3 Å². The maximum atomic E-state index is 14.8. The number of rotatable bonds is 6. The van der Waals surface area contributed by atoms with Crippen molar-refractivity contribution in [2.45, 2.75) is 13.3 Å². The first-order chi connectivity index (χ1) is 13.9. The average Bonchev–Trinajstić information content (AvgIpc) is 3.17. The zero-order valence-corrected chi connectivity index (χ0v) is 16.3. The van der Waals surface area contributed by atoms with E-state index < -0.39 is 27.3 Å². The molecule has 10 heteroatoms. The molecule has 0 aromatic heterocycles. The molecule has 1 N–H and O–H groups in total. The molecular weight excluding hydrogens is 402 g/mol. The van der Waals surface area contributed by atoms with Gasteiger partial charge in [0.25, 0.3) is 0 Å². The van der Waals surface area contributed by atoms with Crippen LogP contribution in [0.5, 0.6) is 11.5 Å². The summed E-state index contributed by atoms with van der Waals surface area (Å²) in [6, 6.07) is 7.05. The van der Waals surface area contributed by atoms with E-state index in [-0.39, 0.29) is 11.5 Å². The number of nitrogens with zero attached hydrogens (tertiary/aromatic N) is 3. The van der Waals surface area contributed by atoms with E-state index in [1.807, 2.05) is 9.62 Å². The molecule has 2 aromatic carbocycles. The zero-order chi connectivity index (χ0) is 20.6. The van der Waals surface area contributed by atoms with Crippen molar-refractivity contribution in [2.24, 2.45) is 9.98 Å². The van der Waals surface area contributed by atoms with Gasteiger partial charge in [-0.25, -0.2) is 22.2 Å². The fourth-order valence-corrected chi connectivity index (χ4v) is 4.26. The summed E-state index contributed by atoms with van der Waals surface area (Å²) >= 11 is 0. The number of sulfonamides is 1. The summed E-state index contributed by atoms with van der Waals surface area (Å²) in [6.45, 7) is 3.04. The summed E-state index contributed by atoms with van der Waals surface area (Å²) in [5.74, 6) is -1.65. The Bertz CT molecular complexity index is 1130. The molecule has 0 saturated carbocycles. The first kappa shape index (κ1) is 19.3. The molecule has 2 aromatic rings. The van der Waals surface area contributed by atoms with Crippen LogP contribution in [-0.4, -0.2) is 44.3 Å². The number of amidine groups is 1. The van der Waals surface area contributed by atoms with Crippen molar-refractivity contribution in [1.29, 1.82) is 0 Å². The third-order valence-electron chi connectivity index (χ3n) is 4.43. The molecule has 0 fully saturated rings. The summed E-state index contributed by atoms with van der Waals surface area (Å²) in [7, 11) is -3.86. The molecule has 0 aliphatic carbocycles. The van der Waals surface area contributed by atoms with Gasteiger partial charge >= 0.3 is 0 Å². The Morgan fingerprint density at radius 2 is 2.07 bits per heavy atom. The number of aliphatic imine (C=N–C) groups is 2. The van der Waals surface area contributed by atoms with Crippen LogP contribution in [0.2, 0.25) is 0 Å². The highest BCUT2D eigenvalue weighted by Crippen LogP contribution is 2.35. The lowest BCUT2D eigenvalue weighted by atomic mass is 10.1. The quantitative estimate of drug-likeness (QED) is 0.773. The maximum absolute atomic E-state index is 14.8. The van der Waals surface area contributed by atoms with Crippen molar-refractivity contribution in [1.82, 2.24) is 4.90 Å². The number of halogens is 2. The van der Waals surface area contributed by atoms with E-state index in [1.54, 1.807) is 31.5 Å². The summed E-state index contributed by atoms with van der Waals surface area (Å²) in [5.41, 5.74) is 0.695. The monoisotopic (exact) mass is 420 g/mol. The molecule has 29 heavy (non-hydrogen) atoms. The molecule has 0 spiro atoms. The van der Waals surface area contributed by atoms with Gasteiger partial charge < -0.3 is 9.64 Å². The van der Waals surface area contributed by atoms with Gasteiger partial charge in [-0.1, -0.05) is 6.92 Å². The standard InChI is InChI=1S/C19H18F2N4O3S/c1-2-9-29(26,27)24-18-14(20)4-6-16(17(18)21)28-12-3-5-15-13(10-12)19-22-7-8-25(19)11-23-15/h3-6,10-11,24H,2,7-9H2,1H3. The molecule has 2 aliphatic heterocycles. The van der Waals surface area contributed by atoms with E-state index in [0.29, 0.717) is 24.4 Å². The summed E-state index contributed by atoms with van der Waals surface area (Å²) < 4.78 is 60.2. The minimum atomic E-state index is -3.86. The molecular formula is C19H18F2N4O3S. The Balaban J connectivity index is 1.65. The Hall–Kier alpha value is -3.01. The second kappa shape index (κ2) is 7.43. The molecule has 7 nitrogen and oxygen atoms in total. The first-order valence-electron chi connectivity index (χ1n) is 9.04. The fraction of sp³-hybridized carbons (Fsp3) is 0.263. The van der Waals surface area contributed by atoms with Crippen molar-refractivity contribution in [3.05, 3.63) is 47.5 Å². The third-order valence-corrected chi connectivity index (χ3v) is 5.89.